The first kappa shape index (κ1) is 16.4. The van der Waals surface area contributed by atoms with E-state index in [1.807, 2.05) is 32.0 Å². The molecular formula is C17H18BrNO3. The lowest BCUT2D eigenvalue weighted by Crippen LogP contribution is -2.03. The number of rotatable bonds is 6. The molecule has 2 aromatic rings. The maximum absolute atomic E-state index is 10.9. The molecule has 0 heterocycles. The Kier molecular flexibility index (Phi) is 5.44. The first-order valence-corrected chi connectivity index (χ1v) is 7.79. The van der Waals surface area contributed by atoms with Gasteiger partial charge in [-0.15, -0.1) is 0 Å². The number of carboxylic acid groups (broad SMARTS) is 1. The minimum Gasteiger partial charge on any atom is -0.493 e. The summed E-state index contributed by atoms with van der Waals surface area (Å²) < 4.78 is 6.41. The fraction of sp³-hybridized carbons (Fsp3) is 0.235. The number of hydrogen-bond donors (Lipinski definition) is 2. The number of ether oxygens (including phenoxy) is 1. The molecule has 0 radical (unpaired) electrons. The zero-order valence-electron chi connectivity index (χ0n) is 12.5. The molecule has 0 fully saturated rings. The third-order valence-corrected chi connectivity index (χ3v) is 3.87. The molecule has 22 heavy (non-hydrogen) atoms. The summed E-state index contributed by atoms with van der Waals surface area (Å²) in [7, 11) is 0. The van der Waals surface area contributed by atoms with Crippen molar-refractivity contribution in [3.05, 3.63) is 57.6 Å². The van der Waals surface area contributed by atoms with Crippen LogP contribution in [-0.4, -0.2) is 17.7 Å². The van der Waals surface area contributed by atoms with Gasteiger partial charge in [-0.3, -0.25) is 0 Å². The molecule has 5 heteroatoms. The second-order valence-corrected chi connectivity index (χ2v) is 5.74. The van der Waals surface area contributed by atoms with Crippen molar-refractivity contribution in [2.24, 2.45) is 0 Å². The molecule has 2 N–H and O–H groups in total. The summed E-state index contributed by atoms with van der Waals surface area (Å²) in [6.07, 6.45) is 0. The Labute approximate surface area is 138 Å². The van der Waals surface area contributed by atoms with E-state index in [4.69, 9.17) is 9.84 Å². The highest BCUT2D eigenvalue weighted by atomic mass is 79.9. The highest BCUT2D eigenvalue weighted by molar-refractivity contribution is 9.10. The average Bonchev–Trinajstić information content (AvgIpc) is 2.48. The average molecular weight is 364 g/mol. The molecule has 0 bridgehead atoms. The van der Waals surface area contributed by atoms with Gasteiger partial charge in [0.05, 0.1) is 16.6 Å². The van der Waals surface area contributed by atoms with Crippen LogP contribution in [0, 0.1) is 6.92 Å². The van der Waals surface area contributed by atoms with Gasteiger partial charge < -0.3 is 15.2 Å². The van der Waals surface area contributed by atoms with Crippen LogP contribution in [-0.2, 0) is 6.54 Å². The van der Waals surface area contributed by atoms with E-state index in [1.165, 1.54) is 0 Å². The normalized spacial score (nSPS) is 10.3. The Morgan fingerprint density at radius 2 is 2.05 bits per heavy atom. The van der Waals surface area contributed by atoms with E-state index >= 15 is 0 Å². The SMILES string of the molecule is CCOc1ccc(CNc2ccc(C(=O)O)cc2C)cc1Br. The summed E-state index contributed by atoms with van der Waals surface area (Å²) in [5, 5.41) is 12.3. The second-order valence-electron chi connectivity index (χ2n) is 4.89. The molecule has 0 aromatic heterocycles. The third kappa shape index (κ3) is 4.01. The molecule has 0 unspecified atom stereocenters. The van der Waals surface area contributed by atoms with Gasteiger partial charge in [0, 0.05) is 12.2 Å². The number of carboxylic acids is 1. The monoisotopic (exact) mass is 363 g/mol. The van der Waals surface area contributed by atoms with Crippen molar-refractivity contribution >= 4 is 27.6 Å². The van der Waals surface area contributed by atoms with Gasteiger partial charge in [-0.2, -0.15) is 0 Å². The summed E-state index contributed by atoms with van der Waals surface area (Å²) in [5.74, 6) is -0.0849. The van der Waals surface area contributed by atoms with Crippen LogP contribution in [0.3, 0.4) is 0 Å². The maximum atomic E-state index is 10.9. The number of nitrogens with one attached hydrogen (secondary N) is 1. The lowest BCUT2D eigenvalue weighted by atomic mass is 10.1. The lowest BCUT2D eigenvalue weighted by molar-refractivity contribution is 0.0697. The molecule has 0 aliphatic heterocycles. The van der Waals surface area contributed by atoms with Gasteiger partial charge in [0.1, 0.15) is 5.75 Å². The van der Waals surface area contributed by atoms with Crippen LogP contribution in [0.2, 0.25) is 0 Å². The first-order valence-electron chi connectivity index (χ1n) is 7.00. The van der Waals surface area contributed by atoms with Crippen molar-refractivity contribution in [1.29, 1.82) is 0 Å². The smallest absolute Gasteiger partial charge is 0.335 e. The number of anilines is 1. The Hall–Kier alpha value is -2.01. The van der Waals surface area contributed by atoms with Crippen LogP contribution in [0.4, 0.5) is 5.69 Å². The standard InChI is InChI=1S/C17H18BrNO3/c1-3-22-16-7-4-12(9-14(16)18)10-19-15-6-5-13(17(20)21)8-11(15)2/h4-9,19H,3,10H2,1-2H3,(H,20,21). The molecule has 0 spiro atoms. The number of carbonyl (C=O) groups is 1. The fourth-order valence-corrected chi connectivity index (χ4v) is 2.66. The highest BCUT2D eigenvalue weighted by Crippen LogP contribution is 2.26. The minimum atomic E-state index is -0.912. The number of halogens is 1. The zero-order valence-corrected chi connectivity index (χ0v) is 14.1. The van der Waals surface area contributed by atoms with E-state index in [9.17, 15) is 4.79 Å². The molecule has 0 aliphatic rings. The van der Waals surface area contributed by atoms with E-state index < -0.39 is 5.97 Å². The minimum absolute atomic E-state index is 0.298. The number of benzene rings is 2. The molecule has 0 saturated carbocycles. The molecule has 0 saturated heterocycles. The van der Waals surface area contributed by atoms with Gasteiger partial charge in [0.2, 0.25) is 0 Å². The molecule has 2 aromatic carbocycles. The van der Waals surface area contributed by atoms with E-state index in [0.29, 0.717) is 18.7 Å². The van der Waals surface area contributed by atoms with Crippen LogP contribution in [0.1, 0.15) is 28.4 Å². The molecule has 0 atom stereocenters. The Bertz CT molecular complexity index is 686. The van der Waals surface area contributed by atoms with Crippen molar-refractivity contribution < 1.29 is 14.6 Å². The Balaban J connectivity index is 2.07. The summed E-state index contributed by atoms with van der Waals surface area (Å²) in [6, 6.07) is 11.0. The summed E-state index contributed by atoms with van der Waals surface area (Å²) in [5.41, 5.74) is 3.24. The third-order valence-electron chi connectivity index (χ3n) is 3.25. The largest absolute Gasteiger partial charge is 0.493 e. The summed E-state index contributed by atoms with van der Waals surface area (Å²) in [6.45, 7) is 5.12. The van der Waals surface area contributed by atoms with Gasteiger partial charge in [-0.25, -0.2) is 4.79 Å². The van der Waals surface area contributed by atoms with Crippen molar-refractivity contribution in [3.8, 4) is 5.75 Å². The van der Waals surface area contributed by atoms with Crippen LogP contribution >= 0.6 is 15.9 Å². The number of hydrogen-bond acceptors (Lipinski definition) is 3. The fourth-order valence-electron chi connectivity index (χ4n) is 2.12. The van der Waals surface area contributed by atoms with Crippen LogP contribution in [0.25, 0.3) is 0 Å². The molecule has 2 rings (SSSR count). The van der Waals surface area contributed by atoms with E-state index in [-0.39, 0.29) is 0 Å². The van der Waals surface area contributed by atoms with Crippen LogP contribution in [0.15, 0.2) is 40.9 Å². The lowest BCUT2D eigenvalue weighted by Gasteiger charge is -2.12. The van der Waals surface area contributed by atoms with Crippen molar-refractivity contribution in [3.63, 3.8) is 0 Å². The van der Waals surface area contributed by atoms with Crippen molar-refractivity contribution in [2.75, 3.05) is 11.9 Å². The van der Waals surface area contributed by atoms with Gasteiger partial charge >= 0.3 is 5.97 Å². The maximum Gasteiger partial charge on any atom is 0.335 e. The Morgan fingerprint density at radius 3 is 2.64 bits per heavy atom. The molecule has 116 valence electrons. The van der Waals surface area contributed by atoms with Crippen LogP contribution in [0.5, 0.6) is 5.75 Å². The topological polar surface area (TPSA) is 58.6 Å². The van der Waals surface area contributed by atoms with E-state index in [2.05, 4.69) is 21.2 Å². The number of aromatic carboxylic acids is 1. The Morgan fingerprint density at radius 1 is 1.27 bits per heavy atom. The predicted molar refractivity (Wildman–Crippen MR) is 90.8 cm³/mol. The van der Waals surface area contributed by atoms with Gasteiger partial charge in [0.25, 0.3) is 0 Å². The van der Waals surface area contributed by atoms with Gasteiger partial charge in [-0.05, 0) is 71.2 Å². The van der Waals surface area contributed by atoms with E-state index in [0.717, 1.165) is 27.0 Å². The van der Waals surface area contributed by atoms with Gasteiger partial charge in [0.15, 0.2) is 0 Å². The summed E-state index contributed by atoms with van der Waals surface area (Å²) >= 11 is 3.50. The molecule has 4 nitrogen and oxygen atoms in total. The first-order chi connectivity index (χ1) is 10.5. The van der Waals surface area contributed by atoms with E-state index in [1.54, 1.807) is 18.2 Å². The number of aryl methyl sites for hydroxylation is 1. The summed E-state index contributed by atoms with van der Waals surface area (Å²) in [4.78, 5) is 10.9. The predicted octanol–water partition coefficient (Wildman–Crippen LogP) is 4.47. The highest BCUT2D eigenvalue weighted by Gasteiger charge is 2.06. The molecular weight excluding hydrogens is 346 g/mol. The van der Waals surface area contributed by atoms with Crippen LogP contribution < -0.4 is 10.1 Å². The van der Waals surface area contributed by atoms with Crippen molar-refractivity contribution in [1.82, 2.24) is 0 Å². The second kappa shape index (κ2) is 7.31. The van der Waals surface area contributed by atoms with Gasteiger partial charge in [-0.1, -0.05) is 6.07 Å². The molecule has 0 aliphatic carbocycles. The quantitative estimate of drug-likeness (QED) is 0.794. The molecule has 0 amide bonds. The zero-order chi connectivity index (χ0) is 16.1. The van der Waals surface area contributed by atoms with Crippen molar-refractivity contribution in [2.45, 2.75) is 20.4 Å².